The lowest BCUT2D eigenvalue weighted by Crippen LogP contribution is -2.52. The SMILES string of the molecule is COC(C(=O)O)C1(C)CCC(C(=O)N[C@@H](Cc2ccc(NC(=O)c3c(Cl)cccc3Cl)cc2)C(=O)O)C1(C)C. The van der Waals surface area contributed by atoms with Gasteiger partial charge >= 0.3 is 11.9 Å². The van der Waals surface area contributed by atoms with E-state index in [1.807, 2.05) is 13.8 Å². The summed E-state index contributed by atoms with van der Waals surface area (Å²) in [7, 11) is 1.33. The predicted octanol–water partition coefficient (Wildman–Crippen LogP) is 4.90. The second-order valence-corrected chi connectivity index (χ2v) is 11.4. The fraction of sp³-hybridized carbons (Fsp3) is 0.429. The molecule has 0 aliphatic heterocycles. The van der Waals surface area contributed by atoms with Crippen molar-refractivity contribution in [2.75, 3.05) is 12.4 Å². The van der Waals surface area contributed by atoms with Gasteiger partial charge in [0.15, 0.2) is 6.10 Å². The molecule has 9 nitrogen and oxygen atoms in total. The van der Waals surface area contributed by atoms with Crippen molar-refractivity contribution >= 4 is 52.6 Å². The van der Waals surface area contributed by atoms with Crippen molar-refractivity contribution in [1.29, 1.82) is 0 Å². The zero-order valence-electron chi connectivity index (χ0n) is 22.1. The Kier molecular flexibility index (Phi) is 9.31. The molecule has 1 saturated carbocycles. The minimum atomic E-state index is -1.21. The van der Waals surface area contributed by atoms with E-state index in [0.717, 1.165) is 0 Å². The van der Waals surface area contributed by atoms with Gasteiger partial charge in [-0.15, -0.1) is 0 Å². The zero-order valence-corrected chi connectivity index (χ0v) is 23.6. The molecule has 11 heteroatoms. The number of carboxylic acid groups (broad SMARTS) is 2. The lowest BCUT2D eigenvalue weighted by molar-refractivity contribution is -0.165. The summed E-state index contributed by atoms with van der Waals surface area (Å²) >= 11 is 12.2. The first-order valence-corrected chi connectivity index (χ1v) is 13.1. The first-order valence-electron chi connectivity index (χ1n) is 12.4. The Morgan fingerprint density at radius 2 is 1.59 bits per heavy atom. The number of rotatable bonds is 10. The lowest BCUT2D eigenvalue weighted by Gasteiger charge is -2.44. The molecule has 4 atom stereocenters. The third-order valence-electron chi connectivity index (χ3n) is 8.11. The maximum absolute atomic E-state index is 13.3. The highest BCUT2D eigenvalue weighted by molar-refractivity contribution is 6.40. The van der Waals surface area contributed by atoms with Gasteiger partial charge in [0.2, 0.25) is 5.91 Å². The van der Waals surface area contributed by atoms with Crippen molar-refractivity contribution in [2.45, 2.75) is 52.2 Å². The third-order valence-corrected chi connectivity index (χ3v) is 8.74. The summed E-state index contributed by atoms with van der Waals surface area (Å²) in [4.78, 5) is 49.7. The van der Waals surface area contributed by atoms with Crippen LogP contribution in [0.15, 0.2) is 42.5 Å². The Hall–Kier alpha value is -3.14. The molecule has 210 valence electrons. The van der Waals surface area contributed by atoms with Crippen molar-refractivity contribution in [1.82, 2.24) is 5.32 Å². The molecule has 3 rings (SSSR count). The monoisotopic (exact) mass is 578 g/mol. The molecule has 39 heavy (non-hydrogen) atoms. The number of amides is 2. The molecule has 2 amide bonds. The molecule has 2 aromatic rings. The van der Waals surface area contributed by atoms with E-state index in [-0.39, 0.29) is 22.0 Å². The average Bonchev–Trinajstić information content (AvgIpc) is 3.08. The van der Waals surface area contributed by atoms with Crippen molar-refractivity contribution in [2.24, 2.45) is 16.7 Å². The van der Waals surface area contributed by atoms with Crippen LogP contribution in [-0.4, -0.2) is 53.2 Å². The summed E-state index contributed by atoms with van der Waals surface area (Å²) in [6, 6.07) is 10.1. The number of hydrogen-bond donors (Lipinski definition) is 4. The van der Waals surface area contributed by atoms with E-state index in [9.17, 15) is 29.4 Å². The number of carbonyl (C=O) groups excluding carboxylic acids is 2. The number of benzene rings is 2. The molecule has 0 spiro atoms. The number of nitrogens with one attached hydrogen (secondary N) is 2. The lowest BCUT2D eigenvalue weighted by atomic mass is 9.62. The van der Waals surface area contributed by atoms with Gasteiger partial charge in [-0.25, -0.2) is 9.59 Å². The fourth-order valence-electron chi connectivity index (χ4n) is 5.43. The minimum absolute atomic E-state index is 0.00583. The van der Waals surface area contributed by atoms with Crippen LogP contribution in [0.4, 0.5) is 5.69 Å². The molecule has 2 aromatic carbocycles. The van der Waals surface area contributed by atoms with Gasteiger partial charge in [-0.05, 0) is 48.1 Å². The Labute approximate surface area is 236 Å². The summed E-state index contributed by atoms with van der Waals surface area (Å²) in [6.07, 6.45) is -0.258. The molecular formula is C28H32Cl2N2O7. The molecule has 1 fully saturated rings. The Morgan fingerprint density at radius 3 is 2.10 bits per heavy atom. The summed E-state index contributed by atoms with van der Waals surface area (Å²) in [5.41, 5.74) is -0.386. The molecular weight excluding hydrogens is 547 g/mol. The molecule has 3 unspecified atom stereocenters. The van der Waals surface area contributed by atoms with Crippen LogP contribution in [0.25, 0.3) is 0 Å². The quantitative estimate of drug-likeness (QED) is 0.314. The van der Waals surface area contributed by atoms with Gasteiger partial charge in [0.25, 0.3) is 5.91 Å². The summed E-state index contributed by atoms with van der Waals surface area (Å²) in [6.45, 7) is 5.42. The number of ether oxygens (including phenoxy) is 1. The van der Waals surface area contributed by atoms with Crippen LogP contribution in [0, 0.1) is 16.7 Å². The Bertz CT molecular complexity index is 1240. The van der Waals surface area contributed by atoms with Crippen LogP contribution >= 0.6 is 23.2 Å². The maximum Gasteiger partial charge on any atom is 0.333 e. The second kappa shape index (κ2) is 11.9. The summed E-state index contributed by atoms with van der Waals surface area (Å²) in [5.74, 6) is -3.84. The topological polar surface area (TPSA) is 142 Å². The highest BCUT2D eigenvalue weighted by atomic mass is 35.5. The van der Waals surface area contributed by atoms with E-state index < -0.39 is 52.6 Å². The molecule has 0 heterocycles. The van der Waals surface area contributed by atoms with Gasteiger partial charge < -0.3 is 25.6 Å². The highest BCUT2D eigenvalue weighted by Crippen LogP contribution is 2.58. The average molecular weight is 579 g/mol. The van der Waals surface area contributed by atoms with Crippen molar-refractivity contribution < 1.29 is 34.1 Å². The number of aliphatic carboxylic acids is 2. The first-order chi connectivity index (χ1) is 18.2. The molecule has 4 N–H and O–H groups in total. The van der Waals surface area contributed by atoms with Crippen LogP contribution in [0.1, 0.15) is 49.5 Å². The first kappa shape index (κ1) is 30.4. The number of carbonyl (C=O) groups is 4. The number of methoxy groups -OCH3 is 1. The predicted molar refractivity (Wildman–Crippen MR) is 147 cm³/mol. The van der Waals surface area contributed by atoms with Crippen LogP contribution in [0.5, 0.6) is 0 Å². The van der Waals surface area contributed by atoms with Gasteiger partial charge in [-0.2, -0.15) is 0 Å². The molecule has 1 aliphatic carbocycles. The molecule has 0 radical (unpaired) electrons. The Morgan fingerprint density at radius 1 is 1.00 bits per heavy atom. The highest BCUT2D eigenvalue weighted by Gasteiger charge is 2.59. The van der Waals surface area contributed by atoms with E-state index >= 15 is 0 Å². The van der Waals surface area contributed by atoms with Crippen LogP contribution in [0.3, 0.4) is 0 Å². The number of halogens is 2. The number of anilines is 1. The van der Waals surface area contributed by atoms with E-state index in [1.54, 1.807) is 49.4 Å². The smallest absolute Gasteiger partial charge is 0.333 e. The minimum Gasteiger partial charge on any atom is -0.480 e. The fourth-order valence-corrected chi connectivity index (χ4v) is 6.00. The van der Waals surface area contributed by atoms with E-state index in [1.165, 1.54) is 7.11 Å². The Balaban J connectivity index is 1.69. The zero-order chi connectivity index (χ0) is 29.1. The van der Waals surface area contributed by atoms with Crippen LogP contribution in [-0.2, 0) is 25.5 Å². The van der Waals surface area contributed by atoms with Crippen molar-refractivity contribution in [3.8, 4) is 0 Å². The van der Waals surface area contributed by atoms with Crippen molar-refractivity contribution in [3.05, 3.63) is 63.6 Å². The molecule has 1 aliphatic rings. The number of hydrogen-bond acceptors (Lipinski definition) is 5. The number of carboxylic acids is 2. The van der Waals surface area contributed by atoms with Crippen LogP contribution in [0.2, 0.25) is 10.0 Å². The van der Waals surface area contributed by atoms with Gasteiger partial charge in [0.05, 0.1) is 15.6 Å². The second-order valence-electron chi connectivity index (χ2n) is 10.5. The van der Waals surface area contributed by atoms with Crippen molar-refractivity contribution in [3.63, 3.8) is 0 Å². The van der Waals surface area contributed by atoms with E-state index in [2.05, 4.69) is 10.6 Å². The summed E-state index contributed by atoms with van der Waals surface area (Å²) in [5, 5.41) is 25.2. The van der Waals surface area contributed by atoms with Gasteiger partial charge in [0.1, 0.15) is 6.04 Å². The van der Waals surface area contributed by atoms with Gasteiger partial charge in [-0.1, -0.05) is 62.2 Å². The summed E-state index contributed by atoms with van der Waals surface area (Å²) < 4.78 is 5.27. The van der Waals surface area contributed by atoms with Crippen LogP contribution < -0.4 is 10.6 Å². The third kappa shape index (κ3) is 6.21. The molecule has 0 bridgehead atoms. The largest absolute Gasteiger partial charge is 0.480 e. The standard InChI is InChI=1S/C28H32Cl2N2O7/c1-27(2)17(12-13-28(27,3)22(39-4)26(37)38)23(33)32-20(25(35)36)14-15-8-10-16(11-9-15)31-24(34)21-18(29)6-5-7-19(21)30/h5-11,17,20,22H,12-14H2,1-4H3,(H,31,34)(H,32,33)(H,35,36)(H,37,38)/t17?,20-,22?,28?/m0/s1. The molecule has 0 aromatic heterocycles. The van der Waals surface area contributed by atoms with Gasteiger partial charge in [0, 0.05) is 30.6 Å². The normalized spacial score (nSPS) is 21.5. The van der Waals surface area contributed by atoms with E-state index in [4.69, 9.17) is 27.9 Å². The molecule has 0 saturated heterocycles. The van der Waals surface area contributed by atoms with E-state index in [0.29, 0.717) is 24.1 Å². The van der Waals surface area contributed by atoms with Gasteiger partial charge in [-0.3, -0.25) is 9.59 Å². The maximum atomic E-state index is 13.3.